The van der Waals surface area contributed by atoms with Gasteiger partial charge in [-0.15, -0.1) is 0 Å². The van der Waals surface area contributed by atoms with Crippen molar-refractivity contribution in [1.82, 2.24) is 9.21 Å². The van der Waals surface area contributed by atoms with Gasteiger partial charge in [0.15, 0.2) is 0 Å². The van der Waals surface area contributed by atoms with Crippen LogP contribution in [-0.4, -0.2) is 63.5 Å². The topological polar surface area (TPSA) is 76.2 Å². The van der Waals surface area contributed by atoms with Crippen molar-refractivity contribution in [3.63, 3.8) is 0 Å². The molecule has 2 aromatic carbocycles. The lowest BCUT2D eigenvalue weighted by atomic mass is 10.1. The zero-order chi connectivity index (χ0) is 21.6. The summed E-state index contributed by atoms with van der Waals surface area (Å²) in [7, 11) is -2.38. The first-order valence-corrected chi connectivity index (χ1v) is 11.5. The lowest BCUT2D eigenvalue weighted by molar-refractivity contribution is 0.0728. The van der Waals surface area contributed by atoms with Gasteiger partial charge < -0.3 is 14.4 Å². The van der Waals surface area contributed by atoms with E-state index in [9.17, 15) is 13.2 Å². The highest BCUT2D eigenvalue weighted by Crippen LogP contribution is 2.29. The van der Waals surface area contributed by atoms with Crippen LogP contribution in [0.2, 0.25) is 0 Å². The minimum Gasteiger partial charge on any atom is -0.495 e. The highest BCUT2D eigenvalue weighted by molar-refractivity contribution is 7.89. The summed E-state index contributed by atoms with van der Waals surface area (Å²) in [6.45, 7) is 4.30. The van der Waals surface area contributed by atoms with Crippen LogP contribution in [0.15, 0.2) is 53.4 Å². The fourth-order valence-corrected chi connectivity index (χ4v) is 5.04. The summed E-state index contributed by atoms with van der Waals surface area (Å²) in [5.74, 6) is 0.0185. The Kier molecular flexibility index (Phi) is 7.47. The second-order valence-corrected chi connectivity index (χ2v) is 9.00. The number of carbonyl (C=O) groups excluding carboxylic acids is 1. The number of sulfonamides is 1. The van der Waals surface area contributed by atoms with Gasteiger partial charge in [-0.3, -0.25) is 4.79 Å². The van der Waals surface area contributed by atoms with E-state index >= 15 is 0 Å². The zero-order valence-electron chi connectivity index (χ0n) is 17.4. The Morgan fingerprint density at radius 3 is 2.47 bits per heavy atom. The number of morpholine rings is 1. The average Bonchev–Trinajstić information content (AvgIpc) is 2.79. The SMILES string of the molecule is CCCN(Cc1ccccc1)C(=O)c1ccc(OC)c(S(=O)(=O)N2CCOCC2)c1. The summed E-state index contributed by atoms with van der Waals surface area (Å²) in [6.07, 6.45) is 0.799. The van der Waals surface area contributed by atoms with Crippen molar-refractivity contribution in [2.24, 2.45) is 0 Å². The summed E-state index contributed by atoms with van der Waals surface area (Å²) in [4.78, 5) is 15.0. The molecule has 0 unspecified atom stereocenters. The smallest absolute Gasteiger partial charge is 0.254 e. The molecule has 0 N–H and O–H groups in total. The predicted octanol–water partition coefficient (Wildman–Crippen LogP) is 2.77. The molecule has 0 spiro atoms. The van der Waals surface area contributed by atoms with Crippen molar-refractivity contribution >= 4 is 15.9 Å². The number of ether oxygens (including phenoxy) is 2. The number of hydrogen-bond acceptors (Lipinski definition) is 5. The van der Waals surface area contributed by atoms with E-state index in [1.54, 1.807) is 17.0 Å². The molecule has 7 nitrogen and oxygen atoms in total. The normalized spacial score (nSPS) is 15.0. The number of nitrogens with zero attached hydrogens (tertiary/aromatic N) is 2. The number of amides is 1. The summed E-state index contributed by atoms with van der Waals surface area (Å²) < 4.78 is 38.3. The maximum Gasteiger partial charge on any atom is 0.254 e. The number of methoxy groups -OCH3 is 1. The van der Waals surface area contributed by atoms with Crippen LogP contribution in [0.4, 0.5) is 0 Å². The molecule has 1 amide bonds. The van der Waals surface area contributed by atoms with Crippen molar-refractivity contribution in [1.29, 1.82) is 0 Å². The largest absolute Gasteiger partial charge is 0.495 e. The maximum atomic E-state index is 13.3. The van der Waals surface area contributed by atoms with Crippen LogP contribution in [0.1, 0.15) is 29.3 Å². The molecular formula is C22H28N2O5S. The van der Waals surface area contributed by atoms with E-state index in [2.05, 4.69) is 0 Å². The zero-order valence-corrected chi connectivity index (χ0v) is 18.2. The van der Waals surface area contributed by atoms with Crippen molar-refractivity contribution in [2.75, 3.05) is 40.0 Å². The lowest BCUT2D eigenvalue weighted by Gasteiger charge is -2.27. The molecule has 30 heavy (non-hydrogen) atoms. The van der Waals surface area contributed by atoms with Gasteiger partial charge in [0.2, 0.25) is 10.0 Å². The summed E-state index contributed by atoms with van der Waals surface area (Å²) in [5.41, 5.74) is 1.35. The van der Waals surface area contributed by atoms with E-state index in [0.29, 0.717) is 31.9 Å². The lowest BCUT2D eigenvalue weighted by Crippen LogP contribution is -2.40. The molecule has 162 valence electrons. The third kappa shape index (κ3) is 5.00. The number of benzene rings is 2. The molecule has 0 bridgehead atoms. The van der Waals surface area contributed by atoms with Crippen LogP contribution in [0.25, 0.3) is 0 Å². The molecule has 8 heteroatoms. The van der Waals surface area contributed by atoms with Crippen LogP contribution < -0.4 is 4.74 Å². The Balaban J connectivity index is 1.93. The summed E-state index contributed by atoms with van der Waals surface area (Å²) in [6, 6.07) is 14.3. The molecule has 0 radical (unpaired) electrons. The second-order valence-electron chi connectivity index (χ2n) is 7.09. The van der Waals surface area contributed by atoms with Crippen molar-refractivity contribution in [3.05, 3.63) is 59.7 Å². The van der Waals surface area contributed by atoms with Gasteiger partial charge >= 0.3 is 0 Å². The molecular weight excluding hydrogens is 404 g/mol. The van der Waals surface area contributed by atoms with Crippen LogP contribution in [-0.2, 0) is 21.3 Å². The van der Waals surface area contributed by atoms with E-state index in [4.69, 9.17) is 9.47 Å². The first-order valence-electron chi connectivity index (χ1n) is 10.1. The van der Waals surface area contributed by atoms with E-state index in [-0.39, 0.29) is 29.6 Å². The Bertz CT molecular complexity index is 957. The molecule has 1 saturated heterocycles. The third-order valence-electron chi connectivity index (χ3n) is 5.00. The highest BCUT2D eigenvalue weighted by atomic mass is 32.2. The van der Waals surface area contributed by atoms with E-state index in [0.717, 1.165) is 12.0 Å². The van der Waals surface area contributed by atoms with Gasteiger partial charge in [-0.25, -0.2) is 8.42 Å². The minimum atomic E-state index is -3.80. The van der Waals surface area contributed by atoms with E-state index < -0.39 is 10.0 Å². The van der Waals surface area contributed by atoms with Gasteiger partial charge in [0.25, 0.3) is 5.91 Å². The monoisotopic (exact) mass is 432 g/mol. The van der Waals surface area contributed by atoms with Crippen LogP contribution in [0.5, 0.6) is 5.75 Å². The Labute approximate surface area is 178 Å². The molecule has 0 atom stereocenters. The molecule has 1 fully saturated rings. The van der Waals surface area contributed by atoms with Gasteiger partial charge in [0.05, 0.1) is 20.3 Å². The second kappa shape index (κ2) is 10.1. The van der Waals surface area contributed by atoms with Gasteiger partial charge in [-0.05, 0) is 30.2 Å². The molecule has 2 aromatic rings. The highest BCUT2D eigenvalue weighted by Gasteiger charge is 2.30. The quantitative estimate of drug-likeness (QED) is 0.641. The number of rotatable bonds is 8. The molecule has 1 heterocycles. The third-order valence-corrected chi connectivity index (χ3v) is 6.92. The first kappa shape index (κ1) is 22.3. The summed E-state index contributed by atoms with van der Waals surface area (Å²) in [5, 5.41) is 0. The molecule has 1 aliphatic rings. The Hall–Kier alpha value is -2.42. The molecule has 0 aliphatic carbocycles. The minimum absolute atomic E-state index is 0.00825. The fraction of sp³-hybridized carbons (Fsp3) is 0.409. The van der Waals surface area contributed by atoms with Crippen molar-refractivity contribution in [2.45, 2.75) is 24.8 Å². The van der Waals surface area contributed by atoms with Crippen LogP contribution >= 0.6 is 0 Å². The van der Waals surface area contributed by atoms with E-state index in [1.807, 2.05) is 37.3 Å². The summed E-state index contributed by atoms with van der Waals surface area (Å²) >= 11 is 0. The number of carbonyl (C=O) groups is 1. The molecule has 1 aliphatic heterocycles. The van der Waals surface area contributed by atoms with Gasteiger partial charge in [-0.2, -0.15) is 4.31 Å². The molecule has 0 saturated carbocycles. The Morgan fingerprint density at radius 1 is 1.13 bits per heavy atom. The average molecular weight is 433 g/mol. The number of hydrogen-bond donors (Lipinski definition) is 0. The standard InChI is InChI=1S/C22H28N2O5S/c1-3-11-23(17-18-7-5-4-6-8-18)22(25)19-9-10-20(28-2)21(16-19)30(26,27)24-12-14-29-15-13-24/h4-10,16H,3,11-15,17H2,1-2H3. The van der Waals surface area contributed by atoms with Gasteiger partial charge in [0, 0.05) is 31.7 Å². The predicted molar refractivity (Wildman–Crippen MR) is 114 cm³/mol. The van der Waals surface area contributed by atoms with Crippen LogP contribution in [0, 0.1) is 0 Å². The first-order chi connectivity index (χ1) is 14.5. The Morgan fingerprint density at radius 2 is 1.83 bits per heavy atom. The van der Waals surface area contributed by atoms with E-state index in [1.165, 1.54) is 17.5 Å². The maximum absolute atomic E-state index is 13.3. The van der Waals surface area contributed by atoms with Gasteiger partial charge in [-0.1, -0.05) is 37.3 Å². The fourth-order valence-electron chi connectivity index (χ4n) is 3.45. The van der Waals surface area contributed by atoms with Crippen LogP contribution in [0.3, 0.4) is 0 Å². The van der Waals surface area contributed by atoms with Crippen molar-refractivity contribution in [3.8, 4) is 5.75 Å². The molecule has 3 rings (SSSR count). The van der Waals surface area contributed by atoms with Gasteiger partial charge in [0.1, 0.15) is 10.6 Å². The molecule has 0 aromatic heterocycles. The van der Waals surface area contributed by atoms with Crippen molar-refractivity contribution < 1.29 is 22.7 Å².